The SMILES string of the molecule is c1ccc(-c2nc(-c3ccc4sc5ccc(-c6cccc7c6oc6ccccc67)cc5c4c3)nc(-c3cccc4sc5ccccc5c34)n2)cc1. The minimum Gasteiger partial charge on any atom is -0.455 e. The van der Waals surface area contributed by atoms with Gasteiger partial charge in [0.1, 0.15) is 11.2 Å². The van der Waals surface area contributed by atoms with Crippen molar-refractivity contribution < 1.29 is 4.42 Å². The molecule has 0 aliphatic heterocycles. The van der Waals surface area contributed by atoms with E-state index in [9.17, 15) is 0 Å². The largest absolute Gasteiger partial charge is 0.455 e. The quantitative estimate of drug-likeness (QED) is 0.185. The molecule has 0 saturated heterocycles. The van der Waals surface area contributed by atoms with Gasteiger partial charge in [-0.3, -0.25) is 0 Å². The van der Waals surface area contributed by atoms with E-state index in [-0.39, 0.29) is 0 Å². The third kappa shape index (κ3) is 4.54. The Morgan fingerprint density at radius 3 is 1.82 bits per heavy atom. The molecule has 11 rings (SSSR count). The van der Waals surface area contributed by atoms with Gasteiger partial charge in [0.05, 0.1) is 0 Å². The number of benzene rings is 7. The number of furan rings is 1. The van der Waals surface area contributed by atoms with Gasteiger partial charge in [0.15, 0.2) is 17.5 Å². The molecule has 0 aliphatic carbocycles. The van der Waals surface area contributed by atoms with Crippen LogP contribution in [0.1, 0.15) is 0 Å². The molecule has 0 saturated carbocycles. The summed E-state index contributed by atoms with van der Waals surface area (Å²) >= 11 is 3.61. The first-order valence-corrected chi connectivity index (χ1v) is 18.5. The minimum absolute atomic E-state index is 0.653. The molecule has 4 aromatic heterocycles. The molecule has 0 atom stereocenters. The van der Waals surface area contributed by atoms with Crippen LogP contribution in [0.25, 0.3) is 108 Å². The molecule has 4 heterocycles. The van der Waals surface area contributed by atoms with E-state index in [4.69, 9.17) is 19.4 Å². The maximum Gasteiger partial charge on any atom is 0.164 e. The summed E-state index contributed by atoms with van der Waals surface area (Å²) in [5.41, 5.74) is 6.95. The van der Waals surface area contributed by atoms with Crippen molar-refractivity contribution in [2.45, 2.75) is 0 Å². The van der Waals surface area contributed by atoms with Crippen LogP contribution in [0.2, 0.25) is 0 Å². The Balaban J connectivity index is 1.10. The first kappa shape index (κ1) is 28.6. The summed E-state index contributed by atoms with van der Waals surface area (Å²) in [7, 11) is 0. The van der Waals surface area contributed by atoms with Crippen molar-refractivity contribution in [1.82, 2.24) is 15.0 Å². The summed E-state index contributed by atoms with van der Waals surface area (Å²) in [5, 5.41) is 7.05. The van der Waals surface area contributed by atoms with Crippen LogP contribution in [-0.2, 0) is 0 Å². The lowest BCUT2D eigenvalue weighted by atomic mass is 10.00. The number of aromatic nitrogens is 3. The summed E-state index contributed by atoms with van der Waals surface area (Å²) in [4.78, 5) is 15.4. The molecule has 0 aliphatic rings. The summed E-state index contributed by atoms with van der Waals surface area (Å²) in [6.07, 6.45) is 0. The summed E-state index contributed by atoms with van der Waals surface area (Å²) < 4.78 is 11.3. The molecule has 7 aromatic carbocycles. The van der Waals surface area contributed by atoms with Gasteiger partial charge in [-0.2, -0.15) is 0 Å². The first-order valence-electron chi connectivity index (χ1n) is 16.8. The zero-order chi connectivity index (χ0) is 33.5. The Labute approximate surface area is 299 Å². The fraction of sp³-hybridized carbons (Fsp3) is 0. The summed E-state index contributed by atoms with van der Waals surface area (Å²) in [6, 6.07) is 53.2. The molecule has 11 aromatic rings. The smallest absolute Gasteiger partial charge is 0.164 e. The van der Waals surface area contributed by atoms with E-state index < -0.39 is 0 Å². The average Bonchev–Trinajstić information content (AvgIpc) is 3.89. The van der Waals surface area contributed by atoms with Crippen LogP contribution in [-0.4, -0.2) is 15.0 Å². The van der Waals surface area contributed by atoms with Gasteiger partial charge in [0, 0.05) is 73.4 Å². The van der Waals surface area contributed by atoms with Crippen molar-refractivity contribution in [2.24, 2.45) is 0 Å². The van der Waals surface area contributed by atoms with Gasteiger partial charge in [-0.05, 0) is 54.1 Å². The lowest BCUT2D eigenvalue weighted by molar-refractivity contribution is 0.670. The van der Waals surface area contributed by atoms with Gasteiger partial charge in [-0.1, -0.05) is 103 Å². The molecule has 0 unspecified atom stereocenters. The van der Waals surface area contributed by atoms with E-state index in [1.165, 1.54) is 40.3 Å². The van der Waals surface area contributed by atoms with E-state index >= 15 is 0 Å². The van der Waals surface area contributed by atoms with Crippen LogP contribution in [0.3, 0.4) is 0 Å². The summed E-state index contributed by atoms with van der Waals surface area (Å²) in [6.45, 7) is 0. The molecule has 0 N–H and O–H groups in total. The monoisotopic (exact) mass is 687 g/mol. The van der Waals surface area contributed by atoms with Crippen molar-refractivity contribution in [3.05, 3.63) is 152 Å². The molecule has 0 fully saturated rings. The lowest BCUT2D eigenvalue weighted by Crippen LogP contribution is -2.00. The van der Waals surface area contributed by atoms with Gasteiger partial charge in [-0.15, -0.1) is 22.7 Å². The van der Waals surface area contributed by atoms with Gasteiger partial charge >= 0.3 is 0 Å². The van der Waals surface area contributed by atoms with Crippen LogP contribution >= 0.6 is 22.7 Å². The number of fused-ring (bicyclic) bond motifs is 9. The molecule has 238 valence electrons. The first-order chi connectivity index (χ1) is 25.2. The van der Waals surface area contributed by atoms with Crippen molar-refractivity contribution >= 4 is 85.0 Å². The Hall–Kier alpha value is -6.21. The fourth-order valence-corrected chi connectivity index (χ4v) is 9.56. The molecule has 6 heteroatoms. The van der Waals surface area contributed by atoms with Crippen LogP contribution in [0.5, 0.6) is 0 Å². The van der Waals surface area contributed by atoms with E-state index in [1.54, 1.807) is 22.7 Å². The highest BCUT2D eigenvalue weighted by Crippen LogP contribution is 2.42. The van der Waals surface area contributed by atoms with E-state index in [1.807, 2.05) is 30.3 Å². The molecular weight excluding hydrogens is 663 g/mol. The van der Waals surface area contributed by atoms with Crippen molar-refractivity contribution in [3.63, 3.8) is 0 Å². The van der Waals surface area contributed by atoms with Gasteiger partial charge in [-0.25, -0.2) is 15.0 Å². The molecule has 0 radical (unpaired) electrons. The molecule has 51 heavy (non-hydrogen) atoms. The second kappa shape index (κ2) is 11.2. The van der Waals surface area contributed by atoms with E-state index in [2.05, 4.69) is 121 Å². The Morgan fingerprint density at radius 1 is 0.373 bits per heavy atom. The Kier molecular flexibility index (Phi) is 6.26. The summed E-state index contributed by atoms with van der Waals surface area (Å²) in [5.74, 6) is 1.98. The van der Waals surface area contributed by atoms with Crippen molar-refractivity contribution in [1.29, 1.82) is 0 Å². The maximum absolute atomic E-state index is 6.42. The number of rotatable bonds is 4. The molecular formula is C45H25N3OS2. The number of hydrogen-bond acceptors (Lipinski definition) is 6. The topological polar surface area (TPSA) is 51.8 Å². The maximum atomic E-state index is 6.42. The predicted molar refractivity (Wildman–Crippen MR) is 215 cm³/mol. The second-order valence-corrected chi connectivity index (χ2v) is 14.9. The average molecular weight is 688 g/mol. The number of nitrogens with zero attached hydrogens (tertiary/aromatic N) is 3. The van der Waals surface area contributed by atoms with Crippen molar-refractivity contribution in [2.75, 3.05) is 0 Å². The van der Waals surface area contributed by atoms with E-state index in [0.29, 0.717) is 17.5 Å². The number of thiophene rings is 2. The van der Waals surface area contributed by atoms with Gasteiger partial charge < -0.3 is 4.42 Å². The third-order valence-electron chi connectivity index (χ3n) is 9.75. The number of para-hydroxylation sites is 2. The molecule has 0 amide bonds. The number of hydrogen-bond donors (Lipinski definition) is 0. The molecule has 4 nitrogen and oxygen atoms in total. The van der Waals surface area contributed by atoms with Crippen LogP contribution in [0, 0.1) is 0 Å². The van der Waals surface area contributed by atoms with Crippen LogP contribution in [0.15, 0.2) is 156 Å². The van der Waals surface area contributed by atoms with Crippen LogP contribution < -0.4 is 0 Å². The predicted octanol–water partition coefficient (Wildman–Crippen LogP) is 13.2. The lowest BCUT2D eigenvalue weighted by Gasteiger charge is -2.10. The highest BCUT2D eigenvalue weighted by atomic mass is 32.1. The zero-order valence-corrected chi connectivity index (χ0v) is 28.6. The second-order valence-electron chi connectivity index (χ2n) is 12.8. The highest BCUT2D eigenvalue weighted by molar-refractivity contribution is 7.26. The highest BCUT2D eigenvalue weighted by Gasteiger charge is 2.18. The van der Waals surface area contributed by atoms with Gasteiger partial charge in [0.25, 0.3) is 0 Å². The van der Waals surface area contributed by atoms with Crippen molar-refractivity contribution in [3.8, 4) is 45.3 Å². The molecule has 0 bridgehead atoms. The fourth-order valence-electron chi connectivity index (χ4n) is 7.36. The van der Waals surface area contributed by atoms with Crippen LogP contribution in [0.4, 0.5) is 0 Å². The molecule has 0 spiro atoms. The Morgan fingerprint density at radius 2 is 0.961 bits per heavy atom. The third-order valence-corrected chi connectivity index (χ3v) is 12.0. The standard InChI is InChI=1S/C45H25N3OS2/c1-2-10-26(11-3-1)43-46-44(48-45(47-43)33-16-9-19-40-41(33)32-13-5-7-18-37(32)51-40)28-21-23-39-35(25-28)34-24-27(20-22-38(34)50-39)29-14-8-15-31-30-12-4-6-17-36(30)49-42(29)31/h1-25H. The normalized spacial score (nSPS) is 11.9. The Bertz CT molecular complexity index is 3160. The zero-order valence-electron chi connectivity index (χ0n) is 27.0. The van der Waals surface area contributed by atoms with E-state index in [0.717, 1.165) is 49.8 Å². The minimum atomic E-state index is 0.653. The van der Waals surface area contributed by atoms with Gasteiger partial charge in [0.2, 0.25) is 0 Å².